The predicted octanol–water partition coefficient (Wildman–Crippen LogP) is 3.02. The van der Waals surface area contributed by atoms with Gasteiger partial charge in [-0.15, -0.1) is 16.4 Å². The first-order valence-corrected chi connectivity index (χ1v) is 8.41. The lowest BCUT2D eigenvalue weighted by Crippen LogP contribution is -2.16. The lowest BCUT2D eigenvalue weighted by atomic mass is 10.4. The number of nitrogens with one attached hydrogen (secondary N) is 1. The molecule has 0 unspecified atom stereocenters. The van der Waals surface area contributed by atoms with E-state index in [9.17, 15) is 4.79 Å². The van der Waals surface area contributed by atoms with Crippen molar-refractivity contribution in [2.24, 2.45) is 0 Å². The van der Waals surface area contributed by atoms with Crippen LogP contribution in [-0.2, 0) is 0 Å². The average Bonchev–Trinajstić information content (AvgIpc) is 3.09. The maximum Gasteiger partial charge on any atom is 0.344 e. The van der Waals surface area contributed by atoms with E-state index in [-0.39, 0.29) is 17.0 Å². The van der Waals surface area contributed by atoms with Crippen LogP contribution in [0.2, 0.25) is 5.28 Å². The summed E-state index contributed by atoms with van der Waals surface area (Å²) in [5.74, 6) is 0. The molecular formula is C12H10ClN5OS2. The fourth-order valence-corrected chi connectivity index (χ4v) is 4.38. The Hall–Kier alpha value is -1.38. The zero-order chi connectivity index (χ0) is 14.6. The second-order valence-corrected chi connectivity index (χ2v) is 7.42. The van der Waals surface area contributed by atoms with E-state index in [1.165, 1.54) is 11.8 Å². The van der Waals surface area contributed by atoms with Crippen molar-refractivity contribution in [2.75, 3.05) is 0 Å². The Morgan fingerprint density at radius 3 is 3.05 bits per heavy atom. The summed E-state index contributed by atoms with van der Waals surface area (Å²) < 4.78 is 1.70. The minimum atomic E-state index is -0.169. The molecule has 108 valence electrons. The van der Waals surface area contributed by atoms with E-state index >= 15 is 0 Å². The molecule has 1 N–H and O–H groups in total. The molecule has 9 heteroatoms. The topological polar surface area (TPSA) is 76.5 Å². The van der Waals surface area contributed by atoms with E-state index in [1.54, 1.807) is 15.9 Å². The maximum atomic E-state index is 11.8. The van der Waals surface area contributed by atoms with Gasteiger partial charge in [-0.25, -0.2) is 19.9 Å². The predicted molar refractivity (Wildman–Crippen MR) is 82.4 cm³/mol. The summed E-state index contributed by atoms with van der Waals surface area (Å²) >= 11 is 8.92. The second-order valence-electron chi connectivity index (χ2n) is 4.89. The Labute approximate surface area is 132 Å². The second kappa shape index (κ2) is 4.82. The van der Waals surface area contributed by atoms with Crippen molar-refractivity contribution >= 4 is 44.9 Å². The largest absolute Gasteiger partial charge is 0.344 e. The number of aryl methyl sites for hydroxylation is 1. The molecule has 0 spiro atoms. The van der Waals surface area contributed by atoms with Gasteiger partial charge in [0, 0.05) is 16.3 Å². The van der Waals surface area contributed by atoms with E-state index in [0.717, 1.165) is 33.0 Å². The molecule has 1 aliphatic carbocycles. The molecule has 0 saturated heterocycles. The van der Waals surface area contributed by atoms with Crippen molar-refractivity contribution in [3.8, 4) is 0 Å². The summed E-state index contributed by atoms with van der Waals surface area (Å²) in [4.78, 5) is 22.3. The smallest absolute Gasteiger partial charge is 0.267 e. The van der Waals surface area contributed by atoms with Crippen molar-refractivity contribution < 1.29 is 0 Å². The average molecular weight is 340 g/mol. The van der Waals surface area contributed by atoms with E-state index in [1.807, 2.05) is 13.0 Å². The Kier molecular flexibility index (Phi) is 3.05. The molecule has 1 fully saturated rings. The Morgan fingerprint density at radius 1 is 1.48 bits per heavy atom. The van der Waals surface area contributed by atoms with Crippen molar-refractivity contribution in [2.45, 2.75) is 36.0 Å². The van der Waals surface area contributed by atoms with Gasteiger partial charge in [-0.1, -0.05) is 0 Å². The number of aromatic amines is 1. The van der Waals surface area contributed by atoms with Gasteiger partial charge in [-0.05, 0) is 49.2 Å². The lowest BCUT2D eigenvalue weighted by molar-refractivity contribution is 0.642. The van der Waals surface area contributed by atoms with Crippen LogP contribution < -0.4 is 5.69 Å². The molecular weight excluding hydrogens is 330 g/mol. The van der Waals surface area contributed by atoms with E-state index in [0.29, 0.717) is 5.16 Å². The highest BCUT2D eigenvalue weighted by atomic mass is 35.5. The Bertz CT molecular complexity index is 895. The third-order valence-corrected chi connectivity index (χ3v) is 5.31. The highest BCUT2D eigenvalue weighted by Gasteiger charge is 2.29. The molecule has 0 atom stereocenters. The molecule has 3 aromatic rings. The van der Waals surface area contributed by atoms with Crippen LogP contribution >= 0.6 is 34.7 Å². The first-order valence-electron chi connectivity index (χ1n) is 6.40. The minimum Gasteiger partial charge on any atom is -0.267 e. The molecule has 0 amide bonds. The zero-order valence-electron chi connectivity index (χ0n) is 11.0. The van der Waals surface area contributed by atoms with Crippen LogP contribution in [0, 0.1) is 6.92 Å². The van der Waals surface area contributed by atoms with Gasteiger partial charge in [0.1, 0.15) is 9.86 Å². The summed E-state index contributed by atoms with van der Waals surface area (Å²) in [6.45, 7) is 2.02. The van der Waals surface area contributed by atoms with Gasteiger partial charge in [0.05, 0.1) is 0 Å². The number of aromatic nitrogens is 5. The van der Waals surface area contributed by atoms with Crippen molar-refractivity contribution in [1.82, 2.24) is 24.7 Å². The number of rotatable bonds is 3. The molecule has 0 bridgehead atoms. The molecule has 21 heavy (non-hydrogen) atoms. The van der Waals surface area contributed by atoms with Crippen LogP contribution in [0.1, 0.15) is 23.8 Å². The number of H-pyrrole nitrogens is 1. The summed E-state index contributed by atoms with van der Waals surface area (Å²) in [6, 6.07) is 2.29. The van der Waals surface area contributed by atoms with Crippen LogP contribution in [-0.4, -0.2) is 24.7 Å². The van der Waals surface area contributed by atoms with Crippen molar-refractivity contribution in [3.63, 3.8) is 0 Å². The fraction of sp³-hybridized carbons (Fsp3) is 0.333. The monoisotopic (exact) mass is 339 g/mol. The first kappa shape index (κ1) is 13.3. The van der Waals surface area contributed by atoms with E-state index in [2.05, 4.69) is 20.2 Å². The quantitative estimate of drug-likeness (QED) is 0.586. The van der Waals surface area contributed by atoms with E-state index < -0.39 is 0 Å². The number of fused-ring (bicyclic) bond motifs is 1. The molecule has 0 aliphatic heterocycles. The number of nitrogens with zero attached hydrogens (tertiary/aromatic N) is 4. The van der Waals surface area contributed by atoms with Gasteiger partial charge in [-0.3, -0.25) is 4.57 Å². The van der Waals surface area contributed by atoms with Gasteiger partial charge in [0.25, 0.3) is 0 Å². The van der Waals surface area contributed by atoms with E-state index in [4.69, 9.17) is 11.6 Å². The molecule has 0 radical (unpaired) electrons. The highest BCUT2D eigenvalue weighted by Crippen LogP contribution is 2.39. The summed E-state index contributed by atoms with van der Waals surface area (Å²) in [5, 5.41) is 9.13. The molecule has 3 heterocycles. The number of hydrogen-bond acceptors (Lipinski definition) is 6. The van der Waals surface area contributed by atoms with Crippen LogP contribution in [0.15, 0.2) is 21.0 Å². The van der Waals surface area contributed by atoms with Gasteiger partial charge in [0.15, 0.2) is 5.16 Å². The summed E-state index contributed by atoms with van der Waals surface area (Å²) in [5.41, 5.74) is -0.169. The lowest BCUT2D eigenvalue weighted by Gasteiger charge is -2.04. The molecule has 0 aromatic carbocycles. The maximum absolute atomic E-state index is 11.8. The van der Waals surface area contributed by atoms with Gasteiger partial charge in [-0.2, -0.15) is 0 Å². The normalized spacial score (nSPS) is 15.0. The summed E-state index contributed by atoms with van der Waals surface area (Å²) in [6.07, 6.45) is 2.04. The molecule has 1 aliphatic rings. The van der Waals surface area contributed by atoms with Crippen molar-refractivity contribution in [3.05, 3.63) is 26.7 Å². The standard InChI is InChI=1S/C12H10ClN5OS2/c1-5-4-7-8(20-5)14-10(13)15-9(7)21-12-17-16-11(19)18(12)6-2-3-6/h4,6H,2-3H2,1H3,(H,16,19). The van der Waals surface area contributed by atoms with Crippen molar-refractivity contribution in [1.29, 1.82) is 0 Å². The highest BCUT2D eigenvalue weighted by molar-refractivity contribution is 7.99. The third-order valence-electron chi connectivity index (χ3n) is 3.23. The molecule has 4 rings (SSSR count). The van der Waals surface area contributed by atoms with Gasteiger partial charge >= 0.3 is 5.69 Å². The summed E-state index contributed by atoms with van der Waals surface area (Å²) in [7, 11) is 0. The molecule has 6 nitrogen and oxygen atoms in total. The number of hydrogen-bond donors (Lipinski definition) is 1. The first-order chi connectivity index (χ1) is 10.1. The number of thiophene rings is 1. The third kappa shape index (κ3) is 2.37. The Balaban J connectivity index is 1.82. The van der Waals surface area contributed by atoms with Crippen LogP contribution in [0.4, 0.5) is 0 Å². The van der Waals surface area contributed by atoms with Gasteiger partial charge in [0.2, 0.25) is 5.28 Å². The van der Waals surface area contributed by atoms with Crippen LogP contribution in [0.3, 0.4) is 0 Å². The SMILES string of the molecule is Cc1cc2c(Sc3n[nH]c(=O)n3C3CC3)nc(Cl)nc2s1. The molecule has 3 aromatic heterocycles. The Morgan fingerprint density at radius 2 is 2.29 bits per heavy atom. The van der Waals surface area contributed by atoms with Crippen LogP contribution in [0.25, 0.3) is 10.2 Å². The van der Waals surface area contributed by atoms with Crippen LogP contribution in [0.5, 0.6) is 0 Å². The fourth-order valence-electron chi connectivity index (χ4n) is 2.17. The molecule has 1 saturated carbocycles. The minimum absolute atomic E-state index is 0.169. The van der Waals surface area contributed by atoms with Gasteiger partial charge < -0.3 is 0 Å². The zero-order valence-corrected chi connectivity index (χ0v) is 13.3. The number of halogens is 1.